The first-order valence-corrected chi connectivity index (χ1v) is 11.4. The van der Waals surface area contributed by atoms with E-state index >= 15 is 0 Å². The van der Waals surface area contributed by atoms with Gasteiger partial charge in [0.2, 0.25) is 0 Å². The van der Waals surface area contributed by atoms with Gasteiger partial charge < -0.3 is 20.1 Å². The number of halogens is 1. The van der Waals surface area contributed by atoms with Gasteiger partial charge in [-0.3, -0.25) is 14.9 Å². The molecule has 1 heterocycles. The van der Waals surface area contributed by atoms with Crippen LogP contribution in [0.3, 0.4) is 0 Å². The third-order valence-electron chi connectivity index (χ3n) is 4.94. The molecule has 1 amide bonds. The smallest absolute Gasteiger partial charge is 0.338 e. The summed E-state index contributed by atoms with van der Waals surface area (Å²) in [5.41, 5.74) is 3.84. The van der Waals surface area contributed by atoms with E-state index in [2.05, 4.69) is 21.2 Å². The van der Waals surface area contributed by atoms with E-state index in [4.69, 9.17) is 33.3 Å². The Hall–Kier alpha value is -4.03. The molecular weight excluding hydrogens is 510 g/mol. The molecule has 0 saturated carbocycles. The van der Waals surface area contributed by atoms with Crippen molar-refractivity contribution in [1.82, 2.24) is 16.1 Å². The van der Waals surface area contributed by atoms with Gasteiger partial charge in [-0.2, -0.15) is 5.10 Å². The maximum absolute atomic E-state index is 12.6. The highest BCUT2D eigenvalue weighted by Gasteiger charge is 2.32. The van der Waals surface area contributed by atoms with Gasteiger partial charge in [0.05, 0.1) is 29.4 Å². The van der Waals surface area contributed by atoms with Crippen LogP contribution in [-0.4, -0.2) is 41.3 Å². The van der Waals surface area contributed by atoms with E-state index in [9.17, 15) is 19.7 Å². The van der Waals surface area contributed by atoms with Gasteiger partial charge >= 0.3 is 5.97 Å². The predicted molar refractivity (Wildman–Crippen MR) is 137 cm³/mol. The lowest BCUT2D eigenvalue weighted by molar-refractivity contribution is -0.384. The number of carbonyl (C=O) groups is 2. The van der Waals surface area contributed by atoms with E-state index in [1.165, 1.54) is 24.4 Å². The van der Waals surface area contributed by atoms with Gasteiger partial charge in [0, 0.05) is 34.0 Å². The zero-order valence-electron chi connectivity index (χ0n) is 19.2. The maximum atomic E-state index is 12.6. The summed E-state index contributed by atoms with van der Waals surface area (Å²) in [5, 5.41) is 21.2. The molecule has 13 heteroatoms. The van der Waals surface area contributed by atoms with E-state index in [0.29, 0.717) is 27.7 Å². The molecule has 3 rings (SSSR count). The zero-order chi connectivity index (χ0) is 26.2. The molecule has 3 N–H and O–H groups in total. The van der Waals surface area contributed by atoms with Crippen molar-refractivity contribution in [3.63, 3.8) is 0 Å². The lowest BCUT2D eigenvalue weighted by Gasteiger charge is -2.30. The molecule has 0 aliphatic carbocycles. The predicted octanol–water partition coefficient (Wildman–Crippen LogP) is 3.13. The summed E-state index contributed by atoms with van der Waals surface area (Å²) in [6.07, 6.45) is 1.19. The van der Waals surface area contributed by atoms with Crippen molar-refractivity contribution in [2.24, 2.45) is 5.10 Å². The van der Waals surface area contributed by atoms with Gasteiger partial charge in [-0.15, -0.1) is 0 Å². The van der Waals surface area contributed by atoms with Gasteiger partial charge in [-0.25, -0.2) is 10.2 Å². The molecule has 0 aromatic heterocycles. The average molecular weight is 532 g/mol. The van der Waals surface area contributed by atoms with Crippen LogP contribution in [0.25, 0.3) is 0 Å². The Balaban J connectivity index is 1.72. The van der Waals surface area contributed by atoms with E-state index in [0.717, 1.165) is 0 Å². The van der Waals surface area contributed by atoms with Crippen molar-refractivity contribution < 1.29 is 24.0 Å². The first-order chi connectivity index (χ1) is 17.2. The molecule has 2 aromatic rings. The maximum Gasteiger partial charge on any atom is 0.338 e. The number of nitrogens with zero attached hydrogens (tertiary/aromatic N) is 2. The Morgan fingerprint density at radius 1 is 1.31 bits per heavy atom. The van der Waals surface area contributed by atoms with E-state index in [-0.39, 0.29) is 22.9 Å². The number of non-ortho nitro benzene ring substituents is 1. The third kappa shape index (κ3) is 6.55. The molecule has 2 aromatic carbocycles. The van der Waals surface area contributed by atoms with Crippen LogP contribution in [0.15, 0.2) is 58.8 Å². The van der Waals surface area contributed by atoms with Crippen molar-refractivity contribution in [3.05, 3.63) is 80.0 Å². The summed E-state index contributed by atoms with van der Waals surface area (Å²) in [6.45, 7) is 3.23. The van der Waals surface area contributed by atoms with Gasteiger partial charge in [-0.05, 0) is 38.2 Å². The number of amides is 1. The molecule has 1 aliphatic rings. The summed E-state index contributed by atoms with van der Waals surface area (Å²) >= 11 is 11.3. The Morgan fingerprint density at radius 2 is 2.06 bits per heavy atom. The van der Waals surface area contributed by atoms with Crippen LogP contribution < -0.4 is 20.8 Å². The first-order valence-electron chi connectivity index (χ1n) is 10.6. The summed E-state index contributed by atoms with van der Waals surface area (Å²) in [6, 6.07) is 10.1. The zero-order valence-corrected chi connectivity index (χ0v) is 20.8. The second kappa shape index (κ2) is 12.1. The molecule has 1 aliphatic heterocycles. The molecule has 0 radical (unpaired) electrons. The Morgan fingerprint density at radius 3 is 2.78 bits per heavy atom. The third-order valence-corrected chi connectivity index (χ3v) is 5.50. The minimum Gasteiger partial charge on any atom is -0.483 e. The van der Waals surface area contributed by atoms with Crippen LogP contribution >= 0.6 is 23.8 Å². The van der Waals surface area contributed by atoms with Crippen LogP contribution in [0.4, 0.5) is 5.69 Å². The summed E-state index contributed by atoms with van der Waals surface area (Å²) in [5.74, 6) is -0.756. The number of hydrogen-bond donors (Lipinski definition) is 3. The molecule has 36 heavy (non-hydrogen) atoms. The second-order valence-corrected chi connectivity index (χ2v) is 8.19. The van der Waals surface area contributed by atoms with Crippen molar-refractivity contribution in [2.75, 3.05) is 13.2 Å². The van der Waals surface area contributed by atoms with Gasteiger partial charge in [0.25, 0.3) is 11.6 Å². The molecule has 0 saturated heterocycles. The molecule has 0 spiro atoms. The number of thiocarbonyl (C=S) groups is 1. The highest BCUT2D eigenvalue weighted by Crippen LogP contribution is 2.33. The summed E-state index contributed by atoms with van der Waals surface area (Å²) in [4.78, 5) is 35.3. The number of allylic oxidation sites excluding steroid dienone is 1. The molecule has 11 nitrogen and oxygen atoms in total. The van der Waals surface area contributed by atoms with Crippen LogP contribution in [0.2, 0.25) is 5.02 Å². The highest BCUT2D eigenvalue weighted by molar-refractivity contribution is 7.80. The number of nitro benzene ring substituents is 1. The highest BCUT2D eigenvalue weighted by atomic mass is 35.5. The first kappa shape index (κ1) is 26.6. The van der Waals surface area contributed by atoms with Crippen LogP contribution in [0.1, 0.15) is 31.0 Å². The van der Waals surface area contributed by atoms with Crippen molar-refractivity contribution in [1.29, 1.82) is 0 Å². The molecular formula is C23H22ClN5O6S. The second-order valence-electron chi connectivity index (χ2n) is 7.37. The molecule has 0 fully saturated rings. The van der Waals surface area contributed by atoms with Gasteiger partial charge in [-0.1, -0.05) is 29.8 Å². The number of esters is 1. The van der Waals surface area contributed by atoms with Crippen LogP contribution in [0.5, 0.6) is 5.75 Å². The van der Waals surface area contributed by atoms with E-state index < -0.39 is 29.4 Å². The molecule has 188 valence electrons. The fraction of sp³-hybridized carbons (Fsp3) is 0.217. The summed E-state index contributed by atoms with van der Waals surface area (Å²) < 4.78 is 10.9. The largest absolute Gasteiger partial charge is 0.483 e. The molecule has 0 bridgehead atoms. The van der Waals surface area contributed by atoms with Crippen LogP contribution in [0, 0.1) is 10.1 Å². The topological polar surface area (TPSA) is 144 Å². The number of para-hydroxylation sites is 1. The number of nitro groups is 1. The van der Waals surface area contributed by atoms with Crippen LogP contribution in [-0.2, 0) is 14.3 Å². The monoisotopic (exact) mass is 531 g/mol. The standard InChI is InChI=1S/C23H22ClN5O6S/c1-3-34-22(31)20-13(2)26-23(36)27-21(20)16-6-4-5-7-18(16)35-12-19(30)28-25-11-14-10-15(29(32)33)8-9-17(14)24/h4-11,21H,3,12H2,1-2H3,(H,28,30)(H2,26,27,36)/t21-/m0/s1. The number of hydrogen-bond acceptors (Lipinski definition) is 8. The SMILES string of the molecule is CCOC(=O)C1=C(C)NC(=S)N[C@H]1c1ccccc1OCC(=O)NN=Cc1cc([N+](=O)[O-])ccc1Cl. The fourth-order valence-corrected chi connectivity index (χ4v) is 3.79. The average Bonchev–Trinajstić information content (AvgIpc) is 2.83. The molecule has 1 atom stereocenters. The van der Waals surface area contributed by atoms with E-state index in [1.807, 2.05) is 0 Å². The van der Waals surface area contributed by atoms with Crippen molar-refractivity contribution >= 4 is 52.7 Å². The minimum atomic E-state index is -0.661. The Kier molecular flexibility index (Phi) is 8.92. The fourth-order valence-electron chi connectivity index (χ4n) is 3.35. The number of benzene rings is 2. The number of nitrogens with one attached hydrogen (secondary N) is 3. The lowest BCUT2D eigenvalue weighted by atomic mass is 9.95. The van der Waals surface area contributed by atoms with Gasteiger partial charge in [0.15, 0.2) is 11.7 Å². The summed E-state index contributed by atoms with van der Waals surface area (Å²) in [7, 11) is 0. The number of rotatable bonds is 9. The quantitative estimate of drug-likeness (QED) is 0.146. The van der Waals surface area contributed by atoms with E-state index in [1.54, 1.807) is 38.1 Å². The van der Waals surface area contributed by atoms with Crippen molar-refractivity contribution in [2.45, 2.75) is 19.9 Å². The Labute approximate surface area is 216 Å². The minimum absolute atomic E-state index is 0.162. The normalized spacial score (nSPS) is 15.2. The van der Waals surface area contributed by atoms with Gasteiger partial charge in [0.1, 0.15) is 5.75 Å². The van der Waals surface area contributed by atoms with Crippen molar-refractivity contribution in [3.8, 4) is 5.75 Å². The number of ether oxygens (including phenoxy) is 2. The number of hydrazone groups is 1. The molecule has 0 unspecified atom stereocenters. The number of carbonyl (C=O) groups excluding carboxylic acids is 2. The Bertz CT molecular complexity index is 1270. The lowest BCUT2D eigenvalue weighted by Crippen LogP contribution is -2.45.